The van der Waals surface area contributed by atoms with Crippen LogP contribution in [-0.2, 0) is 0 Å². The first-order valence-corrected chi connectivity index (χ1v) is 6.17. The van der Waals surface area contributed by atoms with Crippen LogP contribution in [0.4, 0.5) is 0 Å². The maximum Gasteiger partial charge on any atom is 0.132 e. The Labute approximate surface area is 98.8 Å². The van der Waals surface area contributed by atoms with Gasteiger partial charge in [-0.25, -0.2) is 0 Å². The van der Waals surface area contributed by atoms with Gasteiger partial charge in [-0.05, 0) is 65.4 Å². The molecule has 1 heterocycles. The molecule has 0 radical (unpaired) electrons. The van der Waals surface area contributed by atoms with Gasteiger partial charge in [0.15, 0.2) is 0 Å². The lowest BCUT2D eigenvalue weighted by Gasteiger charge is -2.23. The van der Waals surface area contributed by atoms with Crippen molar-refractivity contribution in [3.8, 4) is 5.75 Å². The van der Waals surface area contributed by atoms with Crippen LogP contribution < -0.4 is 5.32 Å². The lowest BCUT2D eigenvalue weighted by molar-refractivity contribution is 0.454. The molecule has 0 aliphatic carbocycles. The summed E-state index contributed by atoms with van der Waals surface area (Å²) in [6, 6.07) is 4.14. The van der Waals surface area contributed by atoms with Crippen molar-refractivity contribution in [3.05, 3.63) is 27.7 Å². The first-order valence-electron chi connectivity index (χ1n) is 5.38. The fraction of sp³-hybridized carbons (Fsp3) is 0.500. The van der Waals surface area contributed by atoms with Gasteiger partial charge in [0.2, 0.25) is 0 Å². The maximum atomic E-state index is 9.67. The van der Waals surface area contributed by atoms with Crippen LogP contribution in [0.5, 0.6) is 5.75 Å². The molecule has 1 aliphatic rings. The number of piperidine rings is 1. The van der Waals surface area contributed by atoms with Crippen molar-refractivity contribution in [2.45, 2.75) is 25.7 Å². The summed E-state index contributed by atoms with van der Waals surface area (Å²) >= 11 is 3.39. The number of aromatic hydroxyl groups is 1. The van der Waals surface area contributed by atoms with Crippen LogP contribution >= 0.6 is 15.9 Å². The Balaban J connectivity index is 2.27. The Morgan fingerprint density at radius 2 is 2.27 bits per heavy atom. The van der Waals surface area contributed by atoms with Crippen molar-refractivity contribution >= 4 is 15.9 Å². The standard InChI is InChI=1S/C12H16BrNO/c1-8-5-10(6-11(13)12(8)15)9-3-2-4-14-7-9/h5-6,9,14-15H,2-4,7H2,1H3. The molecule has 0 amide bonds. The molecule has 15 heavy (non-hydrogen) atoms. The second-order valence-corrected chi connectivity index (χ2v) is 5.07. The number of phenols is 1. The Bertz CT molecular complexity index is 336. The Morgan fingerprint density at radius 3 is 2.87 bits per heavy atom. The molecule has 1 saturated heterocycles. The van der Waals surface area contributed by atoms with E-state index in [9.17, 15) is 5.11 Å². The summed E-state index contributed by atoms with van der Waals surface area (Å²) < 4.78 is 0.808. The highest BCUT2D eigenvalue weighted by atomic mass is 79.9. The van der Waals surface area contributed by atoms with Crippen molar-refractivity contribution < 1.29 is 5.11 Å². The predicted molar refractivity (Wildman–Crippen MR) is 65.4 cm³/mol. The van der Waals surface area contributed by atoms with Gasteiger partial charge < -0.3 is 10.4 Å². The van der Waals surface area contributed by atoms with Crippen LogP contribution in [-0.4, -0.2) is 18.2 Å². The van der Waals surface area contributed by atoms with E-state index in [0.717, 1.165) is 23.1 Å². The summed E-state index contributed by atoms with van der Waals surface area (Å²) in [5, 5.41) is 13.1. The molecule has 0 saturated carbocycles. The molecule has 2 N–H and O–H groups in total. The van der Waals surface area contributed by atoms with E-state index in [1.165, 1.54) is 18.4 Å². The molecule has 1 aromatic rings. The van der Waals surface area contributed by atoms with E-state index in [1.54, 1.807) is 0 Å². The topological polar surface area (TPSA) is 32.3 Å². The molecule has 1 atom stereocenters. The van der Waals surface area contributed by atoms with E-state index in [2.05, 4.69) is 27.3 Å². The maximum absolute atomic E-state index is 9.67. The van der Waals surface area contributed by atoms with E-state index in [0.29, 0.717) is 11.7 Å². The quantitative estimate of drug-likeness (QED) is 0.822. The van der Waals surface area contributed by atoms with Gasteiger partial charge >= 0.3 is 0 Å². The zero-order chi connectivity index (χ0) is 10.8. The summed E-state index contributed by atoms with van der Waals surface area (Å²) in [6.07, 6.45) is 2.48. The van der Waals surface area contributed by atoms with Crippen LogP contribution in [0.2, 0.25) is 0 Å². The molecular weight excluding hydrogens is 254 g/mol. The minimum absolute atomic E-state index is 0.363. The summed E-state index contributed by atoms with van der Waals surface area (Å²) in [7, 11) is 0. The van der Waals surface area contributed by atoms with E-state index in [-0.39, 0.29) is 0 Å². The molecule has 2 nitrogen and oxygen atoms in total. The predicted octanol–water partition coefficient (Wildman–Crippen LogP) is 2.93. The van der Waals surface area contributed by atoms with Crippen molar-refractivity contribution in [2.75, 3.05) is 13.1 Å². The number of nitrogens with one attached hydrogen (secondary N) is 1. The molecule has 0 aromatic heterocycles. The van der Waals surface area contributed by atoms with Gasteiger partial charge in [0.25, 0.3) is 0 Å². The second-order valence-electron chi connectivity index (χ2n) is 4.21. The summed E-state index contributed by atoms with van der Waals surface area (Å²) in [4.78, 5) is 0. The van der Waals surface area contributed by atoms with Crippen LogP contribution in [0.25, 0.3) is 0 Å². The second kappa shape index (κ2) is 4.54. The number of aryl methyl sites for hydroxylation is 1. The van der Waals surface area contributed by atoms with Gasteiger partial charge in [0, 0.05) is 6.54 Å². The SMILES string of the molecule is Cc1cc(C2CCCNC2)cc(Br)c1O. The van der Waals surface area contributed by atoms with Gasteiger partial charge in [-0.15, -0.1) is 0 Å². The van der Waals surface area contributed by atoms with E-state index >= 15 is 0 Å². The summed E-state index contributed by atoms with van der Waals surface area (Å²) in [6.45, 7) is 4.13. The number of rotatable bonds is 1. The van der Waals surface area contributed by atoms with Crippen molar-refractivity contribution in [3.63, 3.8) is 0 Å². The normalized spacial score (nSPS) is 21.6. The minimum Gasteiger partial charge on any atom is -0.506 e. The van der Waals surface area contributed by atoms with Crippen molar-refractivity contribution in [1.29, 1.82) is 0 Å². The zero-order valence-corrected chi connectivity index (χ0v) is 10.5. The lowest BCUT2D eigenvalue weighted by atomic mass is 9.91. The Kier molecular flexibility index (Phi) is 3.32. The van der Waals surface area contributed by atoms with Crippen LogP contribution in [0.3, 0.4) is 0 Å². The average molecular weight is 270 g/mol. The molecule has 1 aliphatic heterocycles. The van der Waals surface area contributed by atoms with E-state index in [4.69, 9.17) is 0 Å². The molecule has 1 unspecified atom stereocenters. The van der Waals surface area contributed by atoms with Crippen LogP contribution in [0, 0.1) is 6.92 Å². The van der Waals surface area contributed by atoms with Gasteiger partial charge in [0.05, 0.1) is 4.47 Å². The number of hydrogen-bond acceptors (Lipinski definition) is 2. The van der Waals surface area contributed by atoms with Crippen LogP contribution in [0.1, 0.15) is 29.9 Å². The third kappa shape index (κ3) is 2.34. The van der Waals surface area contributed by atoms with Crippen molar-refractivity contribution in [2.24, 2.45) is 0 Å². The molecule has 82 valence electrons. The summed E-state index contributed by atoms with van der Waals surface area (Å²) in [5.41, 5.74) is 2.27. The fourth-order valence-corrected chi connectivity index (χ4v) is 2.71. The monoisotopic (exact) mass is 269 g/mol. The first-order chi connectivity index (χ1) is 7.18. The molecular formula is C12H16BrNO. The third-order valence-corrected chi connectivity index (χ3v) is 3.65. The number of hydrogen-bond donors (Lipinski definition) is 2. The van der Waals surface area contributed by atoms with Crippen LogP contribution in [0.15, 0.2) is 16.6 Å². The lowest BCUT2D eigenvalue weighted by Crippen LogP contribution is -2.28. The smallest absolute Gasteiger partial charge is 0.132 e. The number of halogens is 1. The highest BCUT2D eigenvalue weighted by molar-refractivity contribution is 9.10. The Morgan fingerprint density at radius 1 is 1.47 bits per heavy atom. The fourth-order valence-electron chi connectivity index (χ4n) is 2.14. The first kappa shape index (κ1) is 11.0. The zero-order valence-electron chi connectivity index (χ0n) is 8.89. The van der Waals surface area contributed by atoms with Gasteiger partial charge in [-0.2, -0.15) is 0 Å². The van der Waals surface area contributed by atoms with Crippen molar-refractivity contribution in [1.82, 2.24) is 5.32 Å². The highest BCUT2D eigenvalue weighted by Gasteiger charge is 2.16. The van der Waals surface area contributed by atoms with E-state index < -0.39 is 0 Å². The minimum atomic E-state index is 0.363. The molecule has 3 heteroatoms. The molecule has 0 bridgehead atoms. The number of benzene rings is 1. The summed E-state index contributed by atoms with van der Waals surface area (Å²) in [5.74, 6) is 0.955. The average Bonchev–Trinajstić information content (AvgIpc) is 2.26. The van der Waals surface area contributed by atoms with Gasteiger partial charge in [0.1, 0.15) is 5.75 Å². The van der Waals surface area contributed by atoms with Gasteiger partial charge in [-0.1, -0.05) is 6.07 Å². The number of phenolic OH excluding ortho intramolecular Hbond substituents is 1. The largest absolute Gasteiger partial charge is 0.506 e. The Hall–Kier alpha value is -0.540. The molecule has 1 fully saturated rings. The molecule has 1 aromatic carbocycles. The highest BCUT2D eigenvalue weighted by Crippen LogP contribution is 2.33. The molecule has 2 rings (SSSR count). The third-order valence-electron chi connectivity index (χ3n) is 3.04. The van der Waals surface area contributed by atoms with E-state index in [1.807, 2.05) is 13.0 Å². The molecule has 0 spiro atoms. The van der Waals surface area contributed by atoms with Gasteiger partial charge in [-0.3, -0.25) is 0 Å².